The first-order valence-electron chi connectivity index (χ1n) is 13.7. The van der Waals surface area contributed by atoms with Crippen molar-refractivity contribution in [3.63, 3.8) is 0 Å². The quantitative estimate of drug-likeness (QED) is 0.439. The molecule has 0 spiro atoms. The monoisotopic (exact) mass is 585 g/mol. The van der Waals surface area contributed by atoms with Gasteiger partial charge < -0.3 is 24.3 Å². The van der Waals surface area contributed by atoms with E-state index in [-0.39, 0.29) is 24.1 Å². The van der Waals surface area contributed by atoms with Gasteiger partial charge in [-0.3, -0.25) is 14.5 Å². The van der Waals surface area contributed by atoms with Gasteiger partial charge in [0.05, 0.1) is 6.61 Å². The zero-order valence-corrected chi connectivity index (χ0v) is 22.9. The maximum atomic E-state index is 13.6. The lowest BCUT2D eigenvalue weighted by Crippen LogP contribution is -2.54. The van der Waals surface area contributed by atoms with E-state index in [1.54, 1.807) is 54.3 Å². The van der Waals surface area contributed by atoms with E-state index in [0.717, 1.165) is 12.1 Å². The number of halogens is 3. The van der Waals surface area contributed by atoms with Crippen LogP contribution in [-0.2, 0) is 15.7 Å². The summed E-state index contributed by atoms with van der Waals surface area (Å²) >= 11 is 0. The van der Waals surface area contributed by atoms with Gasteiger partial charge in [-0.25, -0.2) is 9.78 Å². The van der Waals surface area contributed by atoms with Gasteiger partial charge in [-0.05, 0) is 56.2 Å². The molecule has 1 atom stereocenters. The van der Waals surface area contributed by atoms with Crippen molar-refractivity contribution in [3.8, 4) is 11.5 Å². The molecule has 3 heterocycles. The Balaban J connectivity index is 1.20. The van der Waals surface area contributed by atoms with Crippen molar-refractivity contribution < 1.29 is 36.7 Å². The number of oxazole rings is 1. The van der Waals surface area contributed by atoms with Crippen molar-refractivity contribution in [2.45, 2.75) is 32.0 Å². The average Bonchev–Trinajstić information content (AvgIpc) is 3.67. The molecule has 0 saturated carbocycles. The summed E-state index contributed by atoms with van der Waals surface area (Å²) in [6.45, 7) is 4.54. The summed E-state index contributed by atoms with van der Waals surface area (Å²) in [6, 6.07) is 14.2. The molecule has 2 aliphatic heterocycles. The topological polar surface area (TPSA) is 108 Å². The first-order valence-corrected chi connectivity index (χ1v) is 13.7. The Hall–Kier alpha value is -4.55. The van der Waals surface area contributed by atoms with Gasteiger partial charge in [0, 0.05) is 49.7 Å². The molecule has 2 saturated heterocycles. The molecule has 1 N–H and O–H groups in total. The van der Waals surface area contributed by atoms with Crippen LogP contribution in [0.5, 0.6) is 0 Å². The van der Waals surface area contributed by atoms with E-state index in [1.165, 1.54) is 17.0 Å². The second-order valence-corrected chi connectivity index (χ2v) is 9.92. The lowest BCUT2D eigenvalue weighted by atomic mass is 10.1. The number of carbonyl (C=O) groups is 3. The van der Waals surface area contributed by atoms with Crippen molar-refractivity contribution >= 4 is 29.3 Å². The number of anilines is 2. The van der Waals surface area contributed by atoms with E-state index in [1.807, 2.05) is 0 Å². The molecule has 2 aliphatic rings. The summed E-state index contributed by atoms with van der Waals surface area (Å²) in [5, 5.41) is 2.47. The molecule has 0 bridgehead atoms. The molecule has 1 unspecified atom stereocenters. The fourth-order valence-electron chi connectivity index (χ4n) is 5.16. The number of piperazine rings is 1. The van der Waals surface area contributed by atoms with E-state index in [2.05, 4.69) is 15.2 Å². The predicted octanol–water partition coefficient (Wildman–Crippen LogP) is 4.88. The molecular weight excluding hydrogens is 555 g/mol. The molecule has 2 aromatic carbocycles. The van der Waals surface area contributed by atoms with Crippen LogP contribution in [0.4, 0.5) is 29.3 Å². The molecule has 1 aromatic heterocycles. The third-order valence-electron chi connectivity index (χ3n) is 7.24. The normalized spacial score (nSPS) is 17.3. The van der Waals surface area contributed by atoms with Crippen LogP contribution < -0.4 is 10.2 Å². The number of hydrogen-bond acceptors (Lipinski definition) is 7. The average molecular weight is 586 g/mol. The number of nitrogens with zero attached hydrogens (tertiary/aromatic N) is 4. The molecule has 10 nitrogen and oxygen atoms in total. The summed E-state index contributed by atoms with van der Waals surface area (Å²) in [6.07, 6.45) is -4.01. The first-order chi connectivity index (χ1) is 20.2. The maximum absolute atomic E-state index is 13.6. The number of amides is 3. The number of likely N-dealkylation sites (tertiary alicyclic amines) is 1. The summed E-state index contributed by atoms with van der Waals surface area (Å²) in [4.78, 5) is 47.3. The number of benzene rings is 2. The Morgan fingerprint density at radius 3 is 2.33 bits per heavy atom. The van der Waals surface area contributed by atoms with Crippen LogP contribution in [-0.4, -0.2) is 78.1 Å². The zero-order chi connectivity index (χ0) is 29.9. The van der Waals surface area contributed by atoms with E-state index < -0.39 is 35.7 Å². The second kappa shape index (κ2) is 12.1. The minimum Gasteiger partial charge on any atom is -0.450 e. The second-order valence-electron chi connectivity index (χ2n) is 9.92. The van der Waals surface area contributed by atoms with Gasteiger partial charge in [0.1, 0.15) is 6.04 Å². The van der Waals surface area contributed by atoms with Gasteiger partial charge in [-0.15, -0.1) is 0 Å². The lowest BCUT2D eigenvalue weighted by Gasteiger charge is -2.38. The smallest absolute Gasteiger partial charge is 0.450 e. The molecule has 0 radical (unpaired) electrons. The van der Waals surface area contributed by atoms with Crippen LogP contribution in [0.2, 0.25) is 0 Å². The van der Waals surface area contributed by atoms with E-state index >= 15 is 0 Å². The summed E-state index contributed by atoms with van der Waals surface area (Å²) in [7, 11) is 0. The number of hydrogen-bond donors (Lipinski definition) is 1. The van der Waals surface area contributed by atoms with Crippen molar-refractivity contribution in [2.75, 3.05) is 49.5 Å². The Morgan fingerprint density at radius 1 is 1.00 bits per heavy atom. The highest BCUT2D eigenvalue weighted by Crippen LogP contribution is 2.35. The minimum atomic E-state index is -4.91. The van der Waals surface area contributed by atoms with Crippen molar-refractivity contribution in [1.82, 2.24) is 14.8 Å². The minimum absolute atomic E-state index is 0.0835. The van der Waals surface area contributed by atoms with Gasteiger partial charge in [0.25, 0.3) is 5.91 Å². The number of aromatic nitrogens is 1. The highest BCUT2D eigenvalue weighted by molar-refractivity contribution is 6.04. The van der Waals surface area contributed by atoms with Gasteiger partial charge in [0.2, 0.25) is 17.6 Å². The van der Waals surface area contributed by atoms with Crippen LogP contribution in [0.25, 0.3) is 11.5 Å². The fourth-order valence-corrected chi connectivity index (χ4v) is 5.16. The summed E-state index contributed by atoms with van der Waals surface area (Å²) in [5.41, 5.74) is 0.580. The largest absolute Gasteiger partial charge is 0.452 e. The lowest BCUT2D eigenvalue weighted by molar-refractivity contribution is -0.153. The molecule has 0 aliphatic carbocycles. The zero-order valence-electron chi connectivity index (χ0n) is 22.9. The van der Waals surface area contributed by atoms with Crippen LogP contribution in [0.1, 0.15) is 36.0 Å². The van der Waals surface area contributed by atoms with E-state index in [9.17, 15) is 27.6 Å². The van der Waals surface area contributed by atoms with Crippen molar-refractivity contribution in [3.05, 3.63) is 66.1 Å². The van der Waals surface area contributed by atoms with Gasteiger partial charge in [-0.1, -0.05) is 18.2 Å². The molecule has 3 amide bonds. The summed E-state index contributed by atoms with van der Waals surface area (Å²) < 4.78 is 50.9. The molecular formula is C29H30F3N5O5. The van der Waals surface area contributed by atoms with Gasteiger partial charge in [-0.2, -0.15) is 13.2 Å². The summed E-state index contributed by atoms with van der Waals surface area (Å²) in [5.74, 6) is -2.90. The third kappa shape index (κ3) is 6.19. The van der Waals surface area contributed by atoms with E-state index in [4.69, 9.17) is 9.15 Å². The molecule has 42 heavy (non-hydrogen) atoms. The van der Waals surface area contributed by atoms with Crippen LogP contribution >= 0.6 is 0 Å². The number of rotatable bonds is 6. The Morgan fingerprint density at radius 2 is 1.69 bits per heavy atom. The molecule has 13 heteroatoms. The molecule has 222 valence electrons. The number of ether oxygens (including phenoxy) is 1. The highest BCUT2D eigenvalue weighted by Gasteiger charge is 2.42. The van der Waals surface area contributed by atoms with Gasteiger partial charge >= 0.3 is 12.3 Å². The first kappa shape index (κ1) is 29.0. The van der Waals surface area contributed by atoms with Crippen LogP contribution in [0.3, 0.4) is 0 Å². The van der Waals surface area contributed by atoms with E-state index in [0.29, 0.717) is 44.7 Å². The Bertz CT molecular complexity index is 1420. The standard InChI is InChI=1S/C29H30F3N5O5/c1-2-41-28(40)37-14-6-9-22(37)27(39)36-17-15-35(16-18-36)21-12-10-20(11-13-21)33-25(38)23-24(29(30,31)32)42-26(34-23)19-7-4-3-5-8-19/h3-5,7-8,10-13,22H,2,6,9,14-18H2,1H3,(H,33,38). The van der Waals surface area contributed by atoms with Gasteiger partial charge in [0.15, 0.2) is 5.69 Å². The molecule has 3 aromatic rings. The highest BCUT2D eigenvalue weighted by atomic mass is 19.4. The van der Waals surface area contributed by atoms with Crippen LogP contribution in [0.15, 0.2) is 59.0 Å². The fraction of sp³-hybridized carbons (Fsp3) is 0.379. The van der Waals surface area contributed by atoms with Crippen LogP contribution in [0, 0.1) is 0 Å². The predicted molar refractivity (Wildman–Crippen MR) is 147 cm³/mol. The number of alkyl halides is 3. The molecule has 5 rings (SSSR count). The number of nitrogens with one attached hydrogen (secondary N) is 1. The SMILES string of the molecule is CCOC(=O)N1CCCC1C(=O)N1CCN(c2ccc(NC(=O)c3nc(-c4ccccc4)oc3C(F)(F)F)cc2)CC1. The Labute approximate surface area is 240 Å². The third-order valence-corrected chi connectivity index (χ3v) is 7.24. The van der Waals surface area contributed by atoms with Crippen molar-refractivity contribution in [1.29, 1.82) is 0 Å². The van der Waals surface area contributed by atoms with Crippen molar-refractivity contribution in [2.24, 2.45) is 0 Å². The Kier molecular flexibility index (Phi) is 8.36. The maximum Gasteiger partial charge on any atom is 0.452 e. The number of carbonyl (C=O) groups excluding carboxylic acids is 3. The molecule has 2 fully saturated rings.